The Bertz CT molecular complexity index is 631. The monoisotopic (exact) mass is 330 g/mol. The molecule has 0 bridgehead atoms. The van der Waals surface area contributed by atoms with Crippen LogP contribution in [-0.4, -0.2) is 33.4 Å². The van der Waals surface area contributed by atoms with Crippen molar-refractivity contribution in [1.82, 2.24) is 10.2 Å². The number of carbonyl (C=O) groups excluding carboxylic acids is 2. The first-order valence-corrected chi connectivity index (χ1v) is 9.38. The molecule has 3 atom stereocenters. The van der Waals surface area contributed by atoms with Gasteiger partial charge in [-0.05, 0) is 37.7 Å². The van der Waals surface area contributed by atoms with Crippen molar-refractivity contribution in [1.29, 1.82) is 0 Å². The third-order valence-corrected chi connectivity index (χ3v) is 6.80. The van der Waals surface area contributed by atoms with E-state index in [1.807, 2.05) is 23.1 Å². The summed E-state index contributed by atoms with van der Waals surface area (Å²) in [6.45, 7) is 2.09. The van der Waals surface area contributed by atoms with Crippen LogP contribution < -0.4 is 5.32 Å². The molecule has 0 unspecified atom stereocenters. The Balaban J connectivity index is 1.52. The number of rotatable bonds is 4. The standard InChI is InChI=1S/C18H22N2O2S/c1-18-10-9-15(21)20(18)14(11-23-18)17(22)19-16(13-7-8-13)12-5-3-2-4-6-12/h2-6,13-14,16H,7-11H2,1H3,(H,19,22)/t14-,16+,18-/m0/s1. The second-order valence-electron chi connectivity index (χ2n) is 7.00. The number of hydrogen-bond acceptors (Lipinski definition) is 3. The lowest BCUT2D eigenvalue weighted by Gasteiger charge is -2.31. The summed E-state index contributed by atoms with van der Waals surface area (Å²) in [5.74, 6) is 1.38. The van der Waals surface area contributed by atoms with Crippen LogP contribution in [0, 0.1) is 5.92 Å². The zero-order chi connectivity index (χ0) is 16.0. The number of carbonyl (C=O) groups is 2. The lowest BCUT2D eigenvalue weighted by atomic mass is 10.0. The molecular formula is C18H22N2O2S. The fraction of sp³-hybridized carbons (Fsp3) is 0.556. The van der Waals surface area contributed by atoms with Crippen LogP contribution in [0.15, 0.2) is 30.3 Å². The number of benzene rings is 1. The summed E-state index contributed by atoms with van der Waals surface area (Å²) in [7, 11) is 0. The maximum atomic E-state index is 12.9. The van der Waals surface area contributed by atoms with Crippen molar-refractivity contribution in [3.05, 3.63) is 35.9 Å². The van der Waals surface area contributed by atoms with Crippen LogP contribution >= 0.6 is 11.8 Å². The van der Waals surface area contributed by atoms with E-state index < -0.39 is 0 Å². The number of hydrogen-bond donors (Lipinski definition) is 1. The van der Waals surface area contributed by atoms with Crippen LogP contribution in [0.5, 0.6) is 0 Å². The molecule has 3 fully saturated rings. The van der Waals surface area contributed by atoms with Gasteiger partial charge in [0, 0.05) is 12.2 Å². The van der Waals surface area contributed by atoms with Crippen LogP contribution in [0.25, 0.3) is 0 Å². The lowest BCUT2D eigenvalue weighted by molar-refractivity contribution is -0.138. The van der Waals surface area contributed by atoms with Gasteiger partial charge in [-0.25, -0.2) is 0 Å². The van der Waals surface area contributed by atoms with Gasteiger partial charge in [0.25, 0.3) is 0 Å². The van der Waals surface area contributed by atoms with Crippen molar-refractivity contribution in [2.75, 3.05) is 5.75 Å². The quantitative estimate of drug-likeness (QED) is 0.923. The number of thioether (sulfide) groups is 1. The number of nitrogens with one attached hydrogen (secondary N) is 1. The van der Waals surface area contributed by atoms with E-state index in [9.17, 15) is 9.59 Å². The molecule has 1 aromatic carbocycles. The van der Waals surface area contributed by atoms with Gasteiger partial charge in [0.05, 0.1) is 10.9 Å². The van der Waals surface area contributed by atoms with Crippen molar-refractivity contribution in [3.8, 4) is 0 Å². The van der Waals surface area contributed by atoms with Crippen molar-refractivity contribution in [2.24, 2.45) is 5.92 Å². The molecule has 2 heterocycles. The maximum Gasteiger partial charge on any atom is 0.244 e. The number of amides is 2. The Morgan fingerprint density at radius 1 is 1.35 bits per heavy atom. The van der Waals surface area contributed by atoms with E-state index in [0.717, 1.165) is 6.42 Å². The number of fused-ring (bicyclic) bond motifs is 1. The topological polar surface area (TPSA) is 49.4 Å². The molecule has 23 heavy (non-hydrogen) atoms. The summed E-state index contributed by atoms with van der Waals surface area (Å²) in [5.41, 5.74) is 1.17. The first-order chi connectivity index (χ1) is 11.1. The average Bonchev–Trinajstić information content (AvgIpc) is 3.27. The summed E-state index contributed by atoms with van der Waals surface area (Å²) >= 11 is 1.75. The van der Waals surface area contributed by atoms with Gasteiger partial charge in [-0.2, -0.15) is 0 Å². The Hall–Kier alpha value is -1.49. The molecule has 0 aromatic heterocycles. The molecule has 5 heteroatoms. The highest BCUT2D eigenvalue weighted by atomic mass is 32.2. The highest BCUT2D eigenvalue weighted by Gasteiger charge is 2.53. The van der Waals surface area contributed by atoms with Gasteiger partial charge in [0.1, 0.15) is 6.04 Å². The van der Waals surface area contributed by atoms with Gasteiger partial charge in [-0.15, -0.1) is 11.8 Å². The fourth-order valence-electron chi connectivity index (χ4n) is 3.83. The molecule has 2 saturated heterocycles. The highest BCUT2D eigenvalue weighted by Crippen LogP contribution is 2.47. The first-order valence-electron chi connectivity index (χ1n) is 8.40. The van der Waals surface area contributed by atoms with Crippen LogP contribution in [0.1, 0.15) is 44.2 Å². The Morgan fingerprint density at radius 2 is 2.09 bits per heavy atom. The largest absolute Gasteiger partial charge is 0.347 e. The molecular weight excluding hydrogens is 308 g/mol. The van der Waals surface area contributed by atoms with Crippen molar-refractivity contribution in [2.45, 2.75) is 49.6 Å². The Labute approximate surface area is 141 Å². The minimum Gasteiger partial charge on any atom is -0.347 e. The van der Waals surface area contributed by atoms with E-state index in [-0.39, 0.29) is 28.8 Å². The fourth-order valence-corrected chi connectivity index (χ4v) is 5.26. The summed E-state index contributed by atoms with van der Waals surface area (Å²) in [6, 6.07) is 9.96. The predicted octanol–water partition coefficient (Wildman–Crippen LogP) is 2.71. The molecule has 1 aromatic rings. The van der Waals surface area contributed by atoms with Gasteiger partial charge < -0.3 is 10.2 Å². The minimum absolute atomic E-state index is 0.0113. The van der Waals surface area contributed by atoms with Crippen molar-refractivity contribution < 1.29 is 9.59 Å². The smallest absolute Gasteiger partial charge is 0.244 e. The van der Waals surface area contributed by atoms with E-state index in [4.69, 9.17) is 0 Å². The summed E-state index contributed by atoms with van der Waals surface area (Å²) in [5, 5.41) is 3.24. The molecule has 1 aliphatic carbocycles. The summed E-state index contributed by atoms with van der Waals surface area (Å²) < 4.78 is 0. The second kappa shape index (κ2) is 5.55. The van der Waals surface area contributed by atoms with Gasteiger partial charge >= 0.3 is 0 Å². The van der Waals surface area contributed by atoms with Gasteiger partial charge in [-0.3, -0.25) is 9.59 Å². The average molecular weight is 330 g/mol. The minimum atomic E-state index is -0.315. The molecule has 0 radical (unpaired) electrons. The van der Waals surface area contributed by atoms with E-state index in [0.29, 0.717) is 18.1 Å². The number of nitrogens with zero attached hydrogens (tertiary/aromatic N) is 1. The van der Waals surface area contributed by atoms with E-state index >= 15 is 0 Å². The van der Waals surface area contributed by atoms with E-state index in [2.05, 4.69) is 24.4 Å². The maximum absolute atomic E-state index is 12.9. The zero-order valence-corrected chi connectivity index (χ0v) is 14.1. The molecule has 3 aliphatic rings. The molecule has 2 amide bonds. The lowest BCUT2D eigenvalue weighted by Crippen LogP contribution is -2.50. The third-order valence-electron chi connectivity index (χ3n) is 5.30. The van der Waals surface area contributed by atoms with Gasteiger partial charge in [-0.1, -0.05) is 30.3 Å². The van der Waals surface area contributed by atoms with Gasteiger partial charge in [0.15, 0.2) is 0 Å². The highest BCUT2D eigenvalue weighted by molar-refractivity contribution is 8.01. The molecule has 0 spiro atoms. The zero-order valence-electron chi connectivity index (χ0n) is 13.3. The van der Waals surface area contributed by atoms with Crippen LogP contribution in [0.3, 0.4) is 0 Å². The predicted molar refractivity (Wildman–Crippen MR) is 90.8 cm³/mol. The summed E-state index contributed by atoms with van der Waals surface area (Å²) in [6.07, 6.45) is 3.75. The SMILES string of the molecule is C[C@]12CCC(=O)N1[C@H](C(=O)N[C@H](c1ccccc1)C1CC1)CS2. The second-order valence-corrected chi connectivity index (χ2v) is 8.50. The Morgan fingerprint density at radius 3 is 2.78 bits per heavy atom. The van der Waals surface area contributed by atoms with Crippen molar-refractivity contribution >= 4 is 23.6 Å². The van der Waals surface area contributed by atoms with Crippen LogP contribution in [0.4, 0.5) is 0 Å². The molecule has 4 rings (SSSR count). The Kier molecular flexibility index (Phi) is 3.63. The van der Waals surface area contributed by atoms with Gasteiger partial charge in [0.2, 0.25) is 11.8 Å². The summed E-state index contributed by atoms with van der Waals surface area (Å²) in [4.78, 5) is 26.7. The molecule has 2 aliphatic heterocycles. The van der Waals surface area contributed by atoms with Crippen LogP contribution in [0.2, 0.25) is 0 Å². The van der Waals surface area contributed by atoms with E-state index in [1.165, 1.54) is 18.4 Å². The molecule has 1 saturated carbocycles. The van der Waals surface area contributed by atoms with E-state index in [1.54, 1.807) is 11.8 Å². The first kappa shape index (κ1) is 15.1. The van der Waals surface area contributed by atoms with Crippen LogP contribution in [-0.2, 0) is 9.59 Å². The normalized spacial score (nSPS) is 31.1. The molecule has 1 N–H and O–H groups in total. The third kappa shape index (κ3) is 2.65. The van der Waals surface area contributed by atoms with Crippen molar-refractivity contribution in [3.63, 3.8) is 0 Å². The molecule has 4 nitrogen and oxygen atoms in total. The molecule has 122 valence electrons.